The molecule has 0 saturated carbocycles. The summed E-state index contributed by atoms with van der Waals surface area (Å²) in [7, 11) is 0. The standard InChI is InChI=1S/C20H23NO5S.ClH/c1-11(22)24-18-14-8-9-20(2,3)26-16(14)12-6-4-5-7-13(12)17(18)25-19(23)15(21)10-27;/h4-7,15,27H,8-10,21H2,1-3H3;1H/t15-;/m0./s1. The lowest BCUT2D eigenvalue weighted by molar-refractivity contribution is -0.136. The largest absolute Gasteiger partial charge is 0.487 e. The molecule has 0 unspecified atom stereocenters. The van der Waals surface area contributed by atoms with Crippen molar-refractivity contribution in [1.29, 1.82) is 0 Å². The zero-order valence-corrected chi connectivity index (χ0v) is 17.7. The third-order valence-corrected chi connectivity index (χ3v) is 4.87. The SMILES string of the molecule is CC(=O)Oc1c2c(c3ccccc3c1OC(=O)[C@@H](N)CS)OC(C)(C)CC2.Cl. The molecule has 6 nitrogen and oxygen atoms in total. The summed E-state index contributed by atoms with van der Waals surface area (Å²) in [6.45, 7) is 5.33. The number of carbonyl (C=O) groups excluding carboxylic acids is 2. The van der Waals surface area contributed by atoms with Gasteiger partial charge in [-0.3, -0.25) is 4.79 Å². The third kappa shape index (κ3) is 4.37. The molecule has 0 aromatic heterocycles. The zero-order chi connectivity index (χ0) is 19.8. The second kappa shape index (κ2) is 8.59. The molecule has 2 N–H and O–H groups in total. The average Bonchev–Trinajstić information content (AvgIpc) is 2.62. The van der Waals surface area contributed by atoms with Crippen molar-refractivity contribution < 1.29 is 23.8 Å². The Labute approximate surface area is 175 Å². The van der Waals surface area contributed by atoms with Gasteiger partial charge >= 0.3 is 11.9 Å². The molecule has 0 aliphatic carbocycles. The molecule has 152 valence electrons. The van der Waals surface area contributed by atoms with E-state index in [1.807, 2.05) is 32.0 Å². The van der Waals surface area contributed by atoms with E-state index in [1.165, 1.54) is 6.92 Å². The van der Waals surface area contributed by atoms with Crippen molar-refractivity contribution in [1.82, 2.24) is 0 Å². The van der Waals surface area contributed by atoms with E-state index in [-0.39, 0.29) is 35.3 Å². The average molecular weight is 426 g/mol. The number of fused-ring (bicyclic) bond motifs is 3. The number of hydrogen-bond donors (Lipinski definition) is 2. The first-order valence-electron chi connectivity index (χ1n) is 8.76. The Balaban J connectivity index is 0.00000280. The highest BCUT2D eigenvalue weighted by Gasteiger charge is 2.34. The first-order valence-corrected chi connectivity index (χ1v) is 9.40. The van der Waals surface area contributed by atoms with Crippen molar-refractivity contribution >= 4 is 47.7 Å². The molecule has 1 heterocycles. The number of halogens is 1. The van der Waals surface area contributed by atoms with E-state index >= 15 is 0 Å². The van der Waals surface area contributed by atoms with Gasteiger partial charge in [0.05, 0.1) is 0 Å². The Hall–Kier alpha value is -1.96. The molecule has 0 radical (unpaired) electrons. The lowest BCUT2D eigenvalue weighted by atomic mass is 9.91. The van der Waals surface area contributed by atoms with Gasteiger partial charge in [-0.2, -0.15) is 12.6 Å². The van der Waals surface area contributed by atoms with Crippen molar-refractivity contribution in [2.24, 2.45) is 5.73 Å². The van der Waals surface area contributed by atoms with Crippen LogP contribution >= 0.6 is 25.0 Å². The van der Waals surface area contributed by atoms with E-state index in [1.54, 1.807) is 6.07 Å². The molecule has 1 aliphatic heterocycles. The number of thiol groups is 1. The van der Waals surface area contributed by atoms with E-state index < -0.39 is 18.0 Å². The molecule has 1 aliphatic rings. The molecule has 28 heavy (non-hydrogen) atoms. The van der Waals surface area contributed by atoms with Gasteiger partial charge < -0.3 is 19.9 Å². The summed E-state index contributed by atoms with van der Waals surface area (Å²) in [6, 6.07) is 6.49. The molecule has 2 aromatic rings. The molecular weight excluding hydrogens is 402 g/mol. The lowest BCUT2D eigenvalue weighted by Crippen LogP contribution is -2.36. The van der Waals surface area contributed by atoms with E-state index in [9.17, 15) is 9.59 Å². The predicted molar refractivity (Wildman–Crippen MR) is 113 cm³/mol. The smallest absolute Gasteiger partial charge is 0.329 e. The highest BCUT2D eigenvalue weighted by Crippen LogP contribution is 2.50. The van der Waals surface area contributed by atoms with E-state index in [0.29, 0.717) is 23.1 Å². The van der Waals surface area contributed by atoms with Gasteiger partial charge in [0.2, 0.25) is 0 Å². The van der Waals surface area contributed by atoms with Gasteiger partial charge in [-0.1, -0.05) is 24.3 Å². The van der Waals surface area contributed by atoms with Gasteiger partial charge in [0.15, 0.2) is 11.5 Å². The Morgan fingerprint density at radius 2 is 1.86 bits per heavy atom. The van der Waals surface area contributed by atoms with Crippen molar-refractivity contribution in [2.75, 3.05) is 5.75 Å². The van der Waals surface area contributed by atoms with Gasteiger partial charge in [0, 0.05) is 29.0 Å². The molecular formula is C20H24ClNO5S. The monoisotopic (exact) mass is 425 g/mol. The minimum atomic E-state index is -0.886. The van der Waals surface area contributed by atoms with Crippen LogP contribution in [0, 0.1) is 0 Å². The summed E-state index contributed by atoms with van der Waals surface area (Å²) in [6.07, 6.45) is 1.36. The molecule has 1 atom stereocenters. The minimum absolute atomic E-state index is 0. The number of nitrogens with two attached hydrogens (primary N) is 1. The first-order chi connectivity index (χ1) is 12.7. The van der Waals surface area contributed by atoms with Crippen LogP contribution in [0.15, 0.2) is 24.3 Å². The summed E-state index contributed by atoms with van der Waals surface area (Å²) < 4.78 is 17.3. The van der Waals surface area contributed by atoms with Crippen LogP contribution in [-0.2, 0) is 16.0 Å². The second-order valence-electron chi connectivity index (χ2n) is 7.18. The van der Waals surface area contributed by atoms with Gasteiger partial charge in [-0.15, -0.1) is 12.4 Å². The summed E-state index contributed by atoms with van der Waals surface area (Å²) in [4.78, 5) is 24.1. The van der Waals surface area contributed by atoms with E-state index in [0.717, 1.165) is 11.8 Å². The van der Waals surface area contributed by atoms with Crippen molar-refractivity contribution in [3.05, 3.63) is 29.8 Å². The Morgan fingerprint density at radius 3 is 2.46 bits per heavy atom. The normalized spacial score (nSPS) is 15.6. The highest BCUT2D eigenvalue weighted by atomic mass is 35.5. The fraction of sp³-hybridized carbons (Fsp3) is 0.400. The Kier molecular flexibility index (Phi) is 6.85. The van der Waals surface area contributed by atoms with Crippen LogP contribution in [0.3, 0.4) is 0 Å². The molecule has 8 heteroatoms. The summed E-state index contributed by atoms with van der Waals surface area (Å²) >= 11 is 4.04. The third-order valence-electron chi connectivity index (χ3n) is 4.47. The maximum atomic E-state index is 12.3. The number of carbonyl (C=O) groups is 2. The zero-order valence-electron chi connectivity index (χ0n) is 16.0. The van der Waals surface area contributed by atoms with Gasteiger partial charge in [0.1, 0.15) is 17.4 Å². The minimum Gasteiger partial charge on any atom is -0.487 e. The Morgan fingerprint density at radius 1 is 1.21 bits per heavy atom. The topological polar surface area (TPSA) is 87.9 Å². The van der Waals surface area contributed by atoms with Crippen LogP contribution in [0.2, 0.25) is 0 Å². The van der Waals surface area contributed by atoms with E-state index in [2.05, 4.69) is 12.6 Å². The van der Waals surface area contributed by atoms with Crippen molar-refractivity contribution in [3.63, 3.8) is 0 Å². The molecule has 0 amide bonds. The quantitative estimate of drug-likeness (QED) is 0.443. The highest BCUT2D eigenvalue weighted by molar-refractivity contribution is 7.80. The maximum absolute atomic E-state index is 12.3. The van der Waals surface area contributed by atoms with Crippen LogP contribution in [0.5, 0.6) is 17.2 Å². The Bertz CT molecular complexity index is 915. The summed E-state index contributed by atoms with van der Waals surface area (Å²) in [5.41, 5.74) is 6.11. The number of esters is 2. The van der Waals surface area contributed by atoms with Crippen LogP contribution in [0.1, 0.15) is 32.8 Å². The van der Waals surface area contributed by atoms with Crippen LogP contribution in [0.4, 0.5) is 0 Å². The predicted octanol–water partition coefficient (Wildman–Crippen LogP) is 3.45. The molecule has 0 spiro atoms. The van der Waals surface area contributed by atoms with Gasteiger partial charge in [-0.05, 0) is 26.7 Å². The summed E-state index contributed by atoms with van der Waals surface area (Å²) in [5.74, 6) is 0.0450. The van der Waals surface area contributed by atoms with E-state index in [4.69, 9.17) is 19.9 Å². The maximum Gasteiger partial charge on any atom is 0.329 e. The van der Waals surface area contributed by atoms with Crippen LogP contribution in [-0.4, -0.2) is 29.3 Å². The second-order valence-corrected chi connectivity index (χ2v) is 7.54. The fourth-order valence-corrected chi connectivity index (χ4v) is 3.25. The molecule has 2 aromatic carbocycles. The van der Waals surface area contributed by atoms with Gasteiger partial charge in [-0.25, -0.2) is 4.79 Å². The molecule has 0 bridgehead atoms. The lowest BCUT2D eigenvalue weighted by Gasteiger charge is -2.34. The number of rotatable bonds is 4. The fourth-order valence-electron chi connectivity index (χ4n) is 3.10. The first kappa shape index (κ1) is 22.3. The van der Waals surface area contributed by atoms with Gasteiger partial charge in [0.25, 0.3) is 0 Å². The molecule has 0 fully saturated rings. The molecule has 0 saturated heterocycles. The summed E-state index contributed by atoms with van der Waals surface area (Å²) in [5, 5.41) is 1.41. The number of hydrogen-bond acceptors (Lipinski definition) is 7. The van der Waals surface area contributed by atoms with Crippen molar-refractivity contribution in [3.8, 4) is 17.2 Å². The van der Waals surface area contributed by atoms with Crippen molar-refractivity contribution in [2.45, 2.75) is 45.3 Å². The number of ether oxygens (including phenoxy) is 3. The molecule has 3 rings (SSSR count). The number of benzene rings is 2. The van der Waals surface area contributed by atoms with Crippen LogP contribution in [0.25, 0.3) is 10.8 Å². The van der Waals surface area contributed by atoms with Crippen LogP contribution < -0.4 is 19.9 Å².